The molecule has 0 unspecified atom stereocenters. The van der Waals surface area contributed by atoms with Crippen LogP contribution in [0.4, 0.5) is 0 Å². The molecule has 4 rings (SSSR count). The molecular weight excluding hydrogens is 418 g/mol. The molecule has 0 atom stereocenters. The summed E-state index contributed by atoms with van der Waals surface area (Å²) in [6, 6.07) is 25.5. The number of hydrogen-bond acceptors (Lipinski definition) is 4. The molecule has 1 aliphatic heterocycles. The number of hydrogen-bond donors (Lipinski definition) is 0. The molecule has 5 heteroatoms. The summed E-state index contributed by atoms with van der Waals surface area (Å²) >= 11 is 1.44. The lowest BCUT2D eigenvalue weighted by Gasteiger charge is -2.15. The molecule has 162 valence electrons. The van der Waals surface area contributed by atoms with Crippen molar-refractivity contribution in [3.8, 4) is 5.75 Å². The van der Waals surface area contributed by atoms with Crippen LogP contribution in [-0.2, 0) is 21.8 Å². The first kappa shape index (κ1) is 21.9. The first-order chi connectivity index (χ1) is 15.6. The quantitative estimate of drug-likeness (QED) is 0.446. The van der Waals surface area contributed by atoms with Gasteiger partial charge in [0.1, 0.15) is 5.75 Å². The number of imide groups is 1. The molecule has 0 saturated heterocycles. The highest BCUT2D eigenvalue weighted by atomic mass is 32.2. The molecular formula is C27H25NO3S. The molecule has 1 aliphatic rings. The van der Waals surface area contributed by atoms with Crippen molar-refractivity contribution >= 4 is 29.1 Å². The lowest BCUT2D eigenvalue weighted by atomic mass is 10.0. The van der Waals surface area contributed by atoms with Crippen molar-refractivity contribution in [2.75, 3.05) is 13.7 Å². The molecule has 4 nitrogen and oxygen atoms in total. The van der Waals surface area contributed by atoms with E-state index >= 15 is 0 Å². The van der Waals surface area contributed by atoms with E-state index in [0.717, 1.165) is 28.0 Å². The highest BCUT2D eigenvalue weighted by molar-refractivity contribution is 8.03. The molecule has 2 amide bonds. The van der Waals surface area contributed by atoms with Crippen LogP contribution in [0.1, 0.15) is 22.3 Å². The molecule has 0 fully saturated rings. The number of thioether (sulfide) groups is 1. The maximum absolute atomic E-state index is 13.4. The number of rotatable bonds is 8. The minimum Gasteiger partial charge on any atom is -0.497 e. The molecule has 3 aromatic rings. The summed E-state index contributed by atoms with van der Waals surface area (Å²) in [5.41, 5.74) is 4.57. The summed E-state index contributed by atoms with van der Waals surface area (Å²) in [6.07, 6.45) is 0.597. The Bertz CT molecular complexity index is 1140. The third-order valence-electron chi connectivity index (χ3n) is 5.47. The molecule has 0 bridgehead atoms. The topological polar surface area (TPSA) is 46.6 Å². The van der Waals surface area contributed by atoms with E-state index in [0.29, 0.717) is 29.2 Å². The van der Waals surface area contributed by atoms with Crippen molar-refractivity contribution < 1.29 is 14.3 Å². The second-order valence-electron chi connectivity index (χ2n) is 7.70. The molecule has 0 saturated carbocycles. The number of amides is 2. The molecule has 0 aromatic heterocycles. The Kier molecular flexibility index (Phi) is 6.76. The van der Waals surface area contributed by atoms with E-state index in [-0.39, 0.29) is 11.8 Å². The van der Waals surface area contributed by atoms with Gasteiger partial charge in [-0.1, -0.05) is 72.3 Å². The lowest BCUT2D eigenvalue weighted by molar-refractivity contribution is -0.136. The molecule has 3 aromatic carbocycles. The van der Waals surface area contributed by atoms with Crippen LogP contribution < -0.4 is 4.74 Å². The van der Waals surface area contributed by atoms with Gasteiger partial charge in [-0.3, -0.25) is 14.5 Å². The zero-order valence-corrected chi connectivity index (χ0v) is 19.0. The van der Waals surface area contributed by atoms with Gasteiger partial charge in [0.2, 0.25) is 0 Å². The van der Waals surface area contributed by atoms with Crippen LogP contribution in [0.2, 0.25) is 0 Å². The van der Waals surface area contributed by atoms with Crippen molar-refractivity contribution in [2.24, 2.45) is 0 Å². The van der Waals surface area contributed by atoms with Crippen LogP contribution >= 0.6 is 11.8 Å². The van der Waals surface area contributed by atoms with E-state index in [4.69, 9.17) is 4.74 Å². The summed E-state index contributed by atoms with van der Waals surface area (Å²) in [7, 11) is 1.63. The van der Waals surface area contributed by atoms with Crippen molar-refractivity contribution in [3.05, 3.63) is 106 Å². The smallest absolute Gasteiger partial charge is 0.268 e. The molecule has 0 radical (unpaired) electrons. The number of nitrogens with zero attached hydrogens (tertiary/aromatic N) is 1. The van der Waals surface area contributed by atoms with E-state index < -0.39 is 0 Å². The van der Waals surface area contributed by atoms with Crippen LogP contribution in [0.3, 0.4) is 0 Å². The predicted octanol–water partition coefficient (Wildman–Crippen LogP) is 5.26. The molecule has 0 aliphatic carbocycles. The summed E-state index contributed by atoms with van der Waals surface area (Å²) in [4.78, 5) is 28.6. The summed E-state index contributed by atoms with van der Waals surface area (Å²) in [5, 5.41) is 0. The maximum atomic E-state index is 13.4. The van der Waals surface area contributed by atoms with Gasteiger partial charge in [0, 0.05) is 12.3 Å². The Labute approximate surface area is 192 Å². The average molecular weight is 444 g/mol. The number of benzene rings is 3. The fourth-order valence-electron chi connectivity index (χ4n) is 3.63. The standard InChI is InChI=1S/C27H25NO3S/c1-19-8-12-22(13-9-19)24-25(32-18-21-6-4-3-5-7-21)27(30)28(26(24)29)17-16-20-10-14-23(31-2)15-11-20/h3-15H,16-18H2,1-2H3. The molecule has 32 heavy (non-hydrogen) atoms. The Morgan fingerprint density at radius 3 is 2.16 bits per heavy atom. The summed E-state index contributed by atoms with van der Waals surface area (Å²) in [5.74, 6) is 0.990. The summed E-state index contributed by atoms with van der Waals surface area (Å²) in [6.45, 7) is 2.35. The second kappa shape index (κ2) is 9.88. The Morgan fingerprint density at radius 1 is 0.812 bits per heavy atom. The molecule has 1 heterocycles. The normalized spacial score (nSPS) is 13.8. The van der Waals surface area contributed by atoms with Gasteiger partial charge in [0.25, 0.3) is 11.8 Å². The Morgan fingerprint density at radius 2 is 1.50 bits per heavy atom. The van der Waals surface area contributed by atoms with E-state index in [1.165, 1.54) is 16.7 Å². The third kappa shape index (κ3) is 4.78. The van der Waals surface area contributed by atoms with Gasteiger partial charge in [0.15, 0.2) is 0 Å². The largest absolute Gasteiger partial charge is 0.497 e. The number of methoxy groups -OCH3 is 1. The fraction of sp³-hybridized carbons (Fsp3) is 0.185. The van der Waals surface area contributed by atoms with Crippen LogP contribution in [-0.4, -0.2) is 30.4 Å². The lowest BCUT2D eigenvalue weighted by Crippen LogP contribution is -2.33. The van der Waals surface area contributed by atoms with Crippen LogP contribution in [0.5, 0.6) is 5.75 Å². The summed E-state index contributed by atoms with van der Waals surface area (Å²) < 4.78 is 5.20. The number of carbonyl (C=O) groups is 2. The van der Waals surface area contributed by atoms with Gasteiger partial charge in [-0.05, 0) is 42.2 Å². The number of ether oxygens (including phenoxy) is 1. The average Bonchev–Trinajstić information content (AvgIpc) is 3.06. The zero-order chi connectivity index (χ0) is 22.5. The number of carbonyl (C=O) groups excluding carboxylic acids is 2. The predicted molar refractivity (Wildman–Crippen MR) is 129 cm³/mol. The molecule has 0 N–H and O–H groups in total. The monoisotopic (exact) mass is 443 g/mol. The second-order valence-corrected chi connectivity index (χ2v) is 8.69. The van der Waals surface area contributed by atoms with Gasteiger partial charge < -0.3 is 4.74 Å². The highest BCUT2D eigenvalue weighted by Gasteiger charge is 2.38. The van der Waals surface area contributed by atoms with Gasteiger partial charge in [-0.15, -0.1) is 11.8 Å². The molecule has 0 spiro atoms. The van der Waals surface area contributed by atoms with Gasteiger partial charge in [0.05, 0.1) is 17.6 Å². The fourth-order valence-corrected chi connectivity index (χ4v) is 4.72. The number of aryl methyl sites for hydroxylation is 1. The van der Waals surface area contributed by atoms with Gasteiger partial charge >= 0.3 is 0 Å². The maximum Gasteiger partial charge on any atom is 0.268 e. The van der Waals surface area contributed by atoms with Crippen LogP contribution in [0, 0.1) is 6.92 Å². The SMILES string of the molecule is COc1ccc(CCN2C(=O)C(SCc3ccccc3)=C(c3ccc(C)cc3)C2=O)cc1. The first-order valence-electron chi connectivity index (χ1n) is 10.5. The van der Waals surface area contributed by atoms with Crippen molar-refractivity contribution in [1.29, 1.82) is 0 Å². The first-order valence-corrected chi connectivity index (χ1v) is 11.5. The van der Waals surface area contributed by atoms with Gasteiger partial charge in [-0.25, -0.2) is 0 Å². The minimum atomic E-state index is -0.220. The van der Waals surface area contributed by atoms with Crippen LogP contribution in [0.15, 0.2) is 83.8 Å². The van der Waals surface area contributed by atoms with Gasteiger partial charge in [-0.2, -0.15) is 0 Å². The minimum absolute atomic E-state index is 0.208. The van der Waals surface area contributed by atoms with E-state index in [1.807, 2.05) is 85.8 Å². The third-order valence-corrected chi connectivity index (χ3v) is 6.62. The Balaban J connectivity index is 1.57. The highest BCUT2D eigenvalue weighted by Crippen LogP contribution is 2.37. The van der Waals surface area contributed by atoms with E-state index in [9.17, 15) is 9.59 Å². The zero-order valence-electron chi connectivity index (χ0n) is 18.2. The van der Waals surface area contributed by atoms with Crippen molar-refractivity contribution in [2.45, 2.75) is 19.1 Å². The Hall–Kier alpha value is -3.31. The van der Waals surface area contributed by atoms with Crippen LogP contribution in [0.25, 0.3) is 5.57 Å². The van der Waals surface area contributed by atoms with E-state index in [1.54, 1.807) is 7.11 Å². The van der Waals surface area contributed by atoms with Crippen molar-refractivity contribution in [3.63, 3.8) is 0 Å². The van der Waals surface area contributed by atoms with Crippen molar-refractivity contribution in [1.82, 2.24) is 4.90 Å². The van der Waals surface area contributed by atoms with E-state index in [2.05, 4.69) is 0 Å².